The highest BCUT2D eigenvalue weighted by atomic mass is 16.5. The van der Waals surface area contributed by atoms with Crippen LogP contribution in [0.2, 0.25) is 0 Å². The zero-order valence-corrected chi connectivity index (χ0v) is 16.8. The van der Waals surface area contributed by atoms with Gasteiger partial charge in [-0.25, -0.2) is 4.68 Å². The molecule has 1 N–H and O–H groups in total. The Kier molecular flexibility index (Phi) is 5.40. The standard InChI is InChI=1S/C22H25N3O3/c1-14-11-15(2)13-19(12-14)28-17(4)21(26)23-20-16(3)24(5)25(22(20)27)18-9-7-6-8-10-18/h6-13,17H,1-5H3,(H,23,26)/t17-/m0/s1. The number of carbonyl (C=O) groups is 1. The van der Waals surface area contributed by atoms with Gasteiger partial charge in [0.05, 0.1) is 11.4 Å². The van der Waals surface area contributed by atoms with Crippen LogP contribution in [0.1, 0.15) is 23.7 Å². The fourth-order valence-electron chi connectivity index (χ4n) is 3.20. The number of rotatable bonds is 5. The molecular formula is C22H25N3O3. The fourth-order valence-corrected chi connectivity index (χ4v) is 3.20. The Balaban J connectivity index is 1.83. The van der Waals surface area contributed by atoms with Crippen molar-refractivity contribution in [3.05, 3.63) is 75.7 Å². The van der Waals surface area contributed by atoms with Crippen molar-refractivity contribution < 1.29 is 9.53 Å². The minimum Gasteiger partial charge on any atom is -0.481 e. The van der Waals surface area contributed by atoms with Gasteiger partial charge in [-0.15, -0.1) is 0 Å². The molecule has 0 radical (unpaired) electrons. The Labute approximate surface area is 164 Å². The molecule has 1 atom stereocenters. The van der Waals surface area contributed by atoms with Crippen LogP contribution in [0.4, 0.5) is 5.69 Å². The van der Waals surface area contributed by atoms with Gasteiger partial charge in [-0.2, -0.15) is 0 Å². The minimum absolute atomic E-state index is 0.257. The maximum Gasteiger partial charge on any atom is 0.295 e. The van der Waals surface area contributed by atoms with Gasteiger partial charge in [0.25, 0.3) is 11.5 Å². The molecule has 2 aromatic carbocycles. The summed E-state index contributed by atoms with van der Waals surface area (Å²) < 4.78 is 9.04. The fraction of sp³-hybridized carbons (Fsp3) is 0.273. The maximum atomic E-state index is 12.9. The van der Waals surface area contributed by atoms with E-state index >= 15 is 0 Å². The van der Waals surface area contributed by atoms with Gasteiger partial charge < -0.3 is 10.1 Å². The molecule has 0 saturated carbocycles. The number of nitrogens with one attached hydrogen (secondary N) is 1. The molecule has 1 amide bonds. The number of hydrogen-bond acceptors (Lipinski definition) is 3. The Morgan fingerprint density at radius 3 is 2.25 bits per heavy atom. The molecule has 1 aromatic heterocycles. The summed E-state index contributed by atoms with van der Waals surface area (Å²) in [5, 5.41) is 2.74. The third-order valence-electron chi connectivity index (χ3n) is 4.68. The van der Waals surface area contributed by atoms with Crippen LogP contribution < -0.4 is 15.6 Å². The molecule has 28 heavy (non-hydrogen) atoms. The Bertz CT molecular complexity index is 1040. The number of anilines is 1. The molecule has 0 bridgehead atoms. The van der Waals surface area contributed by atoms with Crippen LogP contribution >= 0.6 is 0 Å². The van der Waals surface area contributed by atoms with Crippen molar-refractivity contribution in [3.63, 3.8) is 0 Å². The average molecular weight is 379 g/mol. The summed E-state index contributed by atoms with van der Waals surface area (Å²) >= 11 is 0. The highest BCUT2D eigenvalue weighted by Crippen LogP contribution is 2.19. The van der Waals surface area contributed by atoms with E-state index < -0.39 is 6.10 Å². The lowest BCUT2D eigenvalue weighted by Crippen LogP contribution is -2.32. The number of hydrogen-bond donors (Lipinski definition) is 1. The summed E-state index contributed by atoms with van der Waals surface area (Å²) in [6.07, 6.45) is -0.745. The molecule has 3 aromatic rings. The molecule has 0 fully saturated rings. The van der Waals surface area contributed by atoms with Gasteiger partial charge in [-0.3, -0.25) is 14.3 Å². The van der Waals surface area contributed by atoms with Crippen LogP contribution in [-0.2, 0) is 11.8 Å². The first-order valence-corrected chi connectivity index (χ1v) is 9.17. The van der Waals surface area contributed by atoms with Crippen molar-refractivity contribution >= 4 is 11.6 Å². The number of carbonyl (C=O) groups excluding carboxylic acids is 1. The Morgan fingerprint density at radius 2 is 1.64 bits per heavy atom. The molecule has 0 aliphatic carbocycles. The van der Waals surface area contributed by atoms with Gasteiger partial charge in [0.2, 0.25) is 0 Å². The number of aromatic nitrogens is 2. The number of amides is 1. The highest BCUT2D eigenvalue weighted by molar-refractivity contribution is 5.94. The second-order valence-electron chi connectivity index (χ2n) is 7.01. The number of aryl methyl sites for hydroxylation is 2. The molecule has 3 rings (SSSR count). The van der Waals surface area contributed by atoms with E-state index in [0.29, 0.717) is 11.4 Å². The van der Waals surface area contributed by atoms with Crippen molar-refractivity contribution in [3.8, 4) is 11.4 Å². The van der Waals surface area contributed by atoms with E-state index in [1.54, 1.807) is 25.6 Å². The zero-order valence-electron chi connectivity index (χ0n) is 16.8. The summed E-state index contributed by atoms with van der Waals surface area (Å²) in [7, 11) is 1.79. The summed E-state index contributed by atoms with van der Waals surface area (Å²) in [5.41, 5.74) is 3.50. The lowest BCUT2D eigenvalue weighted by Gasteiger charge is -2.15. The quantitative estimate of drug-likeness (QED) is 0.738. The normalized spacial score (nSPS) is 11.9. The van der Waals surface area contributed by atoms with Gasteiger partial charge in [-0.1, -0.05) is 24.3 Å². The largest absolute Gasteiger partial charge is 0.481 e. The van der Waals surface area contributed by atoms with Gasteiger partial charge in [0.1, 0.15) is 11.4 Å². The Morgan fingerprint density at radius 1 is 1.04 bits per heavy atom. The molecular weight excluding hydrogens is 354 g/mol. The third-order valence-corrected chi connectivity index (χ3v) is 4.68. The molecule has 0 aliphatic rings. The lowest BCUT2D eigenvalue weighted by molar-refractivity contribution is -0.122. The van der Waals surface area contributed by atoms with E-state index in [0.717, 1.165) is 16.8 Å². The van der Waals surface area contributed by atoms with Crippen molar-refractivity contribution in [2.24, 2.45) is 7.05 Å². The van der Waals surface area contributed by atoms with Crippen molar-refractivity contribution in [1.29, 1.82) is 0 Å². The van der Waals surface area contributed by atoms with Crippen molar-refractivity contribution in [1.82, 2.24) is 9.36 Å². The van der Waals surface area contributed by atoms with E-state index in [1.165, 1.54) is 4.68 Å². The van der Waals surface area contributed by atoms with E-state index in [4.69, 9.17) is 4.74 Å². The van der Waals surface area contributed by atoms with Crippen LogP contribution in [0.3, 0.4) is 0 Å². The maximum absolute atomic E-state index is 12.9. The predicted molar refractivity (Wildman–Crippen MR) is 110 cm³/mol. The molecule has 6 heteroatoms. The minimum atomic E-state index is -0.745. The predicted octanol–water partition coefficient (Wildman–Crippen LogP) is 3.51. The third kappa shape index (κ3) is 3.86. The topological polar surface area (TPSA) is 65.3 Å². The molecule has 0 unspecified atom stereocenters. The highest BCUT2D eigenvalue weighted by Gasteiger charge is 2.22. The summed E-state index contributed by atoms with van der Waals surface area (Å²) in [6, 6.07) is 15.1. The van der Waals surface area contributed by atoms with Gasteiger partial charge in [0, 0.05) is 7.05 Å². The van der Waals surface area contributed by atoms with E-state index in [1.807, 2.05) is 62.4 Å². The molecule has 1 heterocycles. The number of ether oxygens (including phenoxy) is 1. The zero-order chi connectivity index (χ0) is 20.4. The molecule has 0 spiro atoms. The first-order chi connectivity index (χ1) is 13.3. The van der Waals surface area contributed by atoms with Crippen LogP contribution in [0.5, 0.6) is 5.75 Å². The van der Waals surface area contributed by atoms with E-state index in [9.17, 15) is 9.59 Å². The number of benzene rings is 2. The SMILES string of the molecule is Cc1cc(C)cc(O[C@@H](C)C(=O)Nc2c(C)n(C)n(-c3ccccc3)c2=O)c1. The van der Waals surface area contributed by atoms with Crippen LogP contribution in [0, 0.1) is 20.8 Å². The van der Waals surface area contributed by atoms with Crippen LogP contribution in [0.15, 0.2) is 53.3 Å². The lowest BCUT2D eigenvalue weighted by atomic mass is 10.1. The summed E-state index contributed by atoms with van der Waals surface area (Å²) in [5.74, 6) is 0.261. The smallest absolute Gasteiger partial charge is 0.295 e. The van der Waals surface area contributed by atoms with Crippen molar-refractivity contribution in [2.75, 3.05) is 5.32 Å². The number of nitrogens with zero attached hydrogens (tertiary/aromatic N) is 2. The van der Waals surface area contributed by atoms with Crippen molar-refractivity contribution in [2.45, 2.75) is 33.8 Å². The second kappa shape index (κ2) is 7.76. The molecule has 146 valence electrons. The molecule has 6 nitrogen and oxygen atoms in total. The van der Waals surface area contributed by atoms with Crippen LogP contribution in [0.25, 0.3) is 5.69 Å². The van der Waals surface area contributed by atoms with E-state index in [2.05, 4.69) is 5.32 Å². The van der Waals surface area contributed by atoms with E-state index in [-0.39, 0.29) is 17.2 Å². The van der Waals surface area contributed by atoms with Crippen LogP contribution in [-0.4, -0.2) is 21.4 Å². The second-order valence-corrected chi connectivity index (χ2v) is 7.01. The van der Waals surface area contributed by atoms with Gasteiger partial charge in [0.15, 0.2) is 6.10 Å². The monoisotopic (exact) mass is 379 g/mol. The molecule has 0 aliphatic heterocycles. The summed E-state index contributed by atoms with van der Waals surface area (Å²) in [4.78, 5) is 25.6. The average Bonchev–Trinajstić information content (AvgIpc) is 2.85. The van der Waals surface area contributed by atoms with Gasteiger partial charge in [-0.05, 0) is 63.1 Å². The molecule has 0 saturated heterocycles. The number of para-hydroxylation sites is 1. The van der Waals surface area contributed by atoms with Gasteiger partial charge >= 0.3 is 0 Å². The Hall–Kier alpha value is -3.28. The summed E-state index contributed by atoms with van der Waals surface area (Å²) in [6.45, 7) is 7.42. The first kappa shape index (κ1) is 19.5. The first-order valence-electron chi connectivity index (χ1n) is 9.17.